The first kappa shape index (κ1) is 23.1. The van der Waals surface area contributed by atoms with Gasteiger partial charge in [0.15, 0.2) is 13.2 Å². The molecule has 168 valence electrons. The first-order valence-corrected chi connectivity index (χ1v) is 10.5. The van der Waals surface area contributed by atoms with Crippen LogP contribution >= 0.6 is 0 Å². The molecule has 1 amide bonds. The van der Waals surface area contributed by atoms with Gasteiger partial charge in [-0.05, 0) is 49.1 Å². The van der Waals surface area contributed by atoms with Gasteiger partial charge in [0.2, 0.25) is 0 Å². The molecule has 1 aromatic heterocycles. The van der Waals surface area contributed by atoms with Gasteiger partial charge in [-0.1, -0.05) is 51.1 Å². The van der Waals surface area contributed by atoms with Crippen LogP contribution in [-0.2, 0) is 19.7 Å². The molecule has 0 radical (unpaired) electrons. The first-order chi connectivity index (χ1) is 15.1. The Bertz CT molecular complexity index is 1080. The second kappa shape index (κ2) is 9.68. The summed E-state index contributed by atoms with van der Waals surface area (Å²) in [5, 5.41) is 7.26. The number of nitrogens with zero attached hydrogens (tertiary/aromatic N) is 2. The number of amides is 1. The zero-order valence-corrected chi connectivity index (χ0v) is 19.1. The summed E-state index contributed by atoms with van der Waals surface area (Å²) in [6.07, 6.45) is 0. The lowest BCUT2D eigenvalue weighted by atomic mass is 9.87. The molecule has 1 N–H and O–H groups in total. The number of carbonyl (C=O) groups is 2. The van der Waals surface area contributed by atoms with Crippen molar-refractivity contribution in [2.45, 2.75) is 40.0 Å². The number of hydrogen-bond acceptors (Lipinski definition) is 5. The Balaban J connectivity index is 1.50. The maximum absolute atomic E-state index is 12.3. The minimum absolute atomic E-state index is 0.0408. The van der Waals surface area contributed by atoms with Crippen molar-refractivity contribution in [3.05, 3.63) is 71.5 Å². The molecule has 0 aliphatic rings. The van der Waals surface area contributed by atoms with Crippen molar-refractivity contribution >= 4 is 17.6 Å². The summed E-state index contributed by atoms with van der Waals surface area (Å²) in [4.78, 5) is 24.3. The second-order valence-corrected chi connectivity index (χ2v) is 8.57. The van der Waals surface area contributed by atoms with E-state index in [-0.39, 0.29) is 12.0 Å². The molecule has 0 bridgehead atoms. The van der Waals surface area contributed by atoms with Crippen molar-refractivity contribution in [2.75, 3.05) is 18.5 Å². The number of para-hydroxylation sites is 1. The van der Waals surface area contributed by atoms with Gasteiger partial charge >= 0.3 is 5.97 Å². The molecule has 0 atom stereocenters. The van der Waals surface area contributed by atoms with Gasteiger partial charge in [0.05, 0.1) is 22.8 Å². The van der Waals surface area contributed by atoms with Crippen molar-refractivity contribution in [1.82, 2.24) is 9.78 Å². The summed E-state index contributed by atoms with van der Waals surface area (Å²) in [6, 6.07) is 17.2. The zero-order chi connectivity index (χ0) is 23.3. The quantitative estimate of drug-likeness (QED) is 0.558. The maximum atomic E-state index is 12.3. The molecule has 1 heterocycles. The molecule has 2 aromatic carbocycles. The largest absolute Gasteiger partial charge is 0.482 e. The molecular formula is C25H29N3O4. The Morgan fingerprint density at radius 2 is 1.62 bits per heavy atom. The molecule has 0 saturated carbocycles. The Morgan fingerprint density at radius 3 is 2.25 bits per heavy atom. The standard InChI is InChI=1S/C25H29N3O4/c1-17-24(18(2)28(27-17)20-9-7-6-8-10-20)26-22(29)15-32-23(30)16-31-21-13-11-19(12-14-21)25(3,4)5/h6-14H,15-16H2,1-5H3,(H,26,29). The lowest BCUT2D eigenvalue weighted by Crippen LogP contribution is -2.24. The Labute approximate surface area is 188 Å². The van der Waals surface area contributed by atoms with E-state index in [4.69, 9.17) is 9.47 Å². The van der Waals surface area contributed by atoms with Gasteiger partial charge in [-0.25, -0.2) is 9.48 Å². The van der Waals surface area contributed by atoms with Crippen molar-refractivity contribution in [1.29, 1.82) is 0 Å². The molecular weight excluding hydrogens is 406 g/mol. The van der Waals surface area contributed by atoms with Gasteiger partial charge in [-0.3, -0.25) is 4.79 Å². The first-order valence-electron chi connectivity index (χ1n) is 10.5. The fraction of sp³-hybridized carbons (Fsp3) is 0.320. The van der Waals surface area contributed by atoms with E-state index in [1.165, 1.54) is 5.56 Å². The monoisotopic (exact) mass is 435 g/mol. The molecule has 0 saturated heterocycles. The van der Waals surface area contributed by atoms with Crippen molar-refractivity contribution in [2.24, 2.45) is 0 Å². The fourth-order valence-corrected chi connectivity index (χ4v) is 3.20. The predicted octanol–water partition coefficient (Wildman–Crippen LogP) is 4.35. The molecule has 0 aliphatic heterocycles. The Morgan fingerprint density at radius 1 is 0.969 bits per heavy atom. The van der Waals surface area contributed by atoms with Gasteiger partial charge in [0, 0.05) is 0 Å². The lowest BCUT2D eigenvalue weighted by molar-refractivity contribution is -0.149. The number of ether oxygens (including phenoxy) is 2. The number of esters is 1. The van der Waals surface area contributed by atoms with E-state index in [1.807, 2.05) is 68.4 Å². The van der Waals surface area contributed by atoms with Crippen LogP contribution in [0.2, 0.25) is 0 Å². The summed E-state index contributed by atoms with van der Waals surface area (Å²) in [5.41, 5.74) is 4.17. The summed E-state index contributed by atoms with van der Waals surface area (Å²) in [5.74, 6) is -0.487. The van der Waals surface area contributed by atoms with Gasteiger partial charge in [0.25, 0.3) is 5.91 Å². The number of nitrogens with one attached hydrogen (secondary N) is 1. The van der Waals surface area contributed by atoms with Crippen molar-refractivity contribution in [3.63, 3.8) is 0 Å². The summed E-state index contributed by atoms with van der Waals surface area (Å²) in [7, 11) is 0. The average molecular weight is 436 g/mol. The molecule has 0 fully saturated rings. The number of carbonyl (C=O) groups excluding carboxylic acids is 2. The van der Waals surface area contributed by atoms with Crippen LogP contribution < -0.4 is 10.1 Å². The minimum Gasteiger partial charge on any atom is -0.482 e. The van der Waals surface area contributed by atoms with Crippen LogP contribution in [0.25, 0.3) is 5.69 Å². The van der Waals surface area contributed by atoms with Crippen molar-refractivity contribution < 1.29 is 19.1 Å². The third kappa shape index (κ3) is 5.75. The molecule has 3 aromatic rings. The third-order valence-corrected chi connectivity index (χ3v) is 5.00. The van der Waals surface area contributed by atoms with E-state index in [0.29, 0.717) is 17.1 Å². The van der Waals surface area contributed by atoms with E-state index >= 15 is 0 Å². The number of rotatable bonds is 7. The summed E-state index contributed by atoms with van der Waals surface area (Å²) >= 11 is 0. The highest BCUT2D eigenvalue weighted by molar-refractivity contribution is 5.94. The highest BCUT2D eigenvalue weighted by atomic mass is 16.6. The third-order valence-electron chi connectivity index (χ3n) is 5.00. The molecule has 7 nitrogen and oxygen atoms in total. The van der Waals surface area contributed by atoms with Crippen LogP contribution in [0.4, 0.5) is 5.69 Å². The number of benzene rings is 2. The van der Waals surface area contributed by atoms with Gasteiger partial charge in [-0.15, -0.1) is 0 Å². The van der Waals surface area contributed by atoms with E-state index in [0.717, 1.165) is 11.4 Å². The summed E-state index contributed by atoms with van der Waals surface area (Å²) < 4.78 is 12.3. The summed E-state index contributed by atoms with van der Waals surface area (Å²) in [6.45, 7) is 9.38. The molecule has 7 heteroatoms. The Kier molecular flexibility index (Phi) is 6.98. The minimum atomic E-state index is -0.617. The number of aryl methyl sites for hydroxylation is 1. The molecule has 0 spiro atoms. The SMILES string of the molecule is Cc1nn(-c2ccccc2)c(C)c1NC(=O)COC(=O)COc1ccc(C(C)(C)C)cc1. The van der Waals surface area contributed by atoms with E-state index in [1.54, 1.807) is 4.68 Å². The van der Waals surface area contributed by atoms with Crippen LogP contribution in [0.5, 0.6) is 5.75 Å². The van der Waals surface area contributed by atoms with Crippen LogP contribution in [0.1, 0.15) is 37.7 Å². The number of aromatic nitrogens is 2. The predicted molar refractivity (Wildman–Crippen MR) is 123 cm³/mol. The van der Waals surface area contributed by atoms with Crippen LogP contribution in [-0.4, -0.2) is 34.9 Å². The van der Waals surface area contributed by atoms with Gasteiger partial charge in [0.1, 0.15) is 5.75 Å². The van der Waals surface area contributed by atoms with Crippen LogP contribution in [0, 0.1) is 13.8 Å². The molecule has 0 unspecified atom stereocenters. The highest BCUT2D eigenvalue weighted by Gasteiger charge is 2.17. The van der Waals surface area contributed by atoms with Crippen LogP contribution in [0.15, 0.2) is 54.6 Å². The fourth-order valence-electron chi connectivity index (χ4n) is 3.20. The molecule has 0 aliphatic carbocycles. The molecule has 3 rings (SSSR count). The van der Waals surface area contributed by atoms with Crippen LogP contribution in [0.3, 0.4) is 0 Å². The second-order valence-electron chi connectivity index (χ2n) is 8.57. The highest BCUT2D eigenvalue weighted by Crippen LogP contribution is 2.24. The zero-order valence-electron chi connectivity index (χ0n) is 19.1. The van der Waals surface area contributed by atoms with Crippen molar-refractivity contribution in [3.8, 4) is 11.4 Å². The van der Waals surface area contributed by atoms with Gasteiger partial charge in [-0.2, -0.15) is 5.10 Å². The molecule has 32 heavy (non-hydrogen) atoms. The maximum Gasteiger partial charge on any atom is 0.344 e. The van der Waals surface area contributed by atoms with E-state index in [9.17, 15) is 9.59 Å². The average Bonchev–Trinajstić information content (AvgIpc) is 3.05. The van der Waals surface area contributed by atoms with E-state index < -0.39 is 18.5 Å². The smallest absolute Gasteiger partial charge is 0.344 e. The van der Waals surface area contributed by atoms with Gasteiger partial charge < -0.3 is 14.8 Å². The van der Waals surface area contributed by atoms with E-state index in [2.05, 4.69) is 31.2 Å². The number of anilines is 1. The lowest BCUT2D eigenvalue weighted by Gasteiger charge is -2.19. The Hall–Kier alpha value is -3.61. The normalized spacial score (nSPS) is 11.2. The number of hydrogen-bond donors (Lipinski definition) is 1. The topological polar surface area (TPSA) is 82.5 Å².